The number of ketones is 1. The Bertz CT molecular complexity index is 690. The van der Waals surface area contributed by atoms with Crippen LogP contribution in [0.15, 0.2) is 12.7 Å². The molecule has 0 atom stereocenters. The number of carbonyl (C=O) groups excluding carboxylic acids is 2. The number of hydrogen-bond donors (Lipinski definition) is 0. The fourth-order valence-electron chi connectivity index (χ4n) is 2.94. The molecule has 0 aliphatic heterocycles. The van der Waals surface area contributed by atoms with Gasteiger partial charge in [-0.25, -0.2) is 8.42 Å². The van der Waals surface area contributed by atoms with Gasteiger partial charge in [0, 0.05) is 6.42 Å². The first-order chi connectivity index (χ1) is 12.5. The number of allylic oxidation sites excluding steroid dienone is 1. The van der Waals surface area contributed by atoms with Gasteiger partial charge in [-0.15, -0.1) is 0 Å². The van der Waals surface area contributed by atoms with Gasteiger partial charge in [-0.05, 0) is 37.7 Å². The fourth-order valence-corrected chi connectivity index (χ4v) is 3.83. The third kappa shape index (κ3) is 5.93. The van der Waals surface area contributed by atoms with Crippen LogP contribution < -0.4 is 0 Å². The summed E-state index contributed by atoms with van der Waals surface area (Å²) < 4.78 is 114. The van der Waals surface area contributed by atoms with Crippen LogP contribution in [0.25, 0.3) is 0 Å². The normalized spacial score (nSPS) is 21.8. The van der Waals surface area contributed by atoms with Gasteiger partial charge in [0.15, 0.2) is 5.78 Å². The van der Waals surface area contributed by atoms with E-state index in [4.69, 9.17) is 0 Å². The highest BCUT2D eigenvalue weighted by molar-refractivity contribution is 7.85. The van der Waals surface area contributed by atoms with Crippen LogP contribution in [0.3, 0.4) is 0 Å². The van der Waals surface area contributed by atoms with Crippen molar-refractivity contribution in [3.8, 4) is 0 Å². The van der Waals surface area contributed by atoms with Crippen molar-refractivity contribution in [1.82, 2.24) is 0 Å². The van der Waals surface area contributed by atoms with Crippen LogP contribution in [0.1, 0.15) is 32.1 Å². The molecule has 1 aliphatic rings. The second-order valence-electron chi connectivity index (χ2n) is 6.54. The maximum absolute atomic E-state index is 13.1. The highest BCUT2D eigenvalue weighted by Gasteiger charge is 2.75. The number of alkyl halides is 6. The maximum Gasteiger partial charge on any atom is 0.438 e. The monoisotopic (exact) mass is 439 g/mol. The van der Waals surface area contributed by atoms with Crippen molar-refractivity contribution in [3.05, 3.63) is 12.7 Å². The van der Waals surface area contributed by atoms with E-state index in [2.05, 4.69) is 11.3 Å². The number of ether oxygens (including phenoxy) is 1. The summed E-state index contributed by atoms with van der Waals surface area (Å²) in [6.07, 6.45) is -11.6. The van der Waals surface area contributed by atoms with Crippen molar-refractivity contribution in [2.45, 2.75) is 50.1 Å². The number of rotatable bonds is 7. The summed E-state index contributed by atoms with van der Waals surface area (Å²) >= 11 is 0. The van der Waals surface area contributed by atoms with Crippen molar-refractivity contribution in [2.24, 2.45) is 11.8 Å². The number of esters is 1. The Kier molecular flexibility index (Phi) is 7.32. The van der Waals surface area contributed by atoms with Crippen molar-refractivity contribution in [3.63, 3.8) is 0 Å². The Hall–Kier alpha value is -1.63. The molecule has 0 bridgehead atoms. The second-order valence-corrected chi connectivity index (χ2v) is 7.94. The zero-order valence-electron chi connectivity index (χ0n) is 14.3. The predicted molar refractivity (Wildman–Crippen MR) is 80.8 cm³/mol. The smallest absolute Gasteiger partial charge is 0.438 e. The Morgan fingerprint density at radius 3 is 1.86 bits per heavy atom. The third-order valence-electron chi connectivity index (χ3n) is 4.47. The molecule has 0 saturated heterocycles. The Morgan fingerprint density at radius 2 is 1.50 bits per heavy atom. The first-order valence-corrected chi connectivity index (χ1v) is 9.55. The zero-order valence-corrected chi connectivity index (χ0v) is 15.1. The highest BCUT2D eigenvalue weighted by atomic mass is 32.2. The molecule has 6 nitrogen and oxygen atoms in total. The molecule has 1 fully saturated rings. The third-order valence-corrected chi connectivity index (χ3v) is 5.23. The van der Waals surface area contributed by atoms with Crippen molar-refractivity contribution < 1.29 is 53.6 Å². The summed E-state index contributed by atoms with van der Waals surface area (Å²) in [5.41, 5.74) is -5.45. The number of hydrogen-bond acceptors (Lipinski definition) is 6. The lowest BCUT2D eigenvalue weighted by Crippen LogP contribution is -2.63. The second kappa shape index (κ2) is 8.39. The van der Waals surface area contributed by atoms with E-state index in [1.54, 1.807) is 0 Å². The summed E-state index contributed by atoms with van der Waals surface area (Å²) in [6, 6.07) is 0. The predicted octanol–water partition coefficient (Wildman–Crippen LogP) is 2.89. The molecule has 1 rings (SSSR count). The Morgan fingerprint density at radius 1 is 1.04 bits per heavy atom. The molecule has 0 heterocycles. The number of halogens is 6. The van der Waals surface area contributed by atoms with Crippen LogP contribution in [0.5, 0.6) is 0 Å². The first-order valence-electron chi connectivity index (χ1n) is 7.97. The van der Waals surface area contributed by atoms with Gasteiger partial charge in [0.2, 0.25) is 0 Å². The largest absolute Gasteiger partial charge is 0.748 e. The van der Waals surface area contributed by atoms with Crippen LogP contribution in [0.4, 0.5) is 26.3 Å². The first kappa shape index (κ1) is 24.4. The van der Waals surface area contributed by atoms with Crippen LogP contribution in [0.2, 0.25) is 0 Å². The van der Waals surface area contributed by atoms with E-state index in [-0.39, 0.29) is 43.8 Å². The SMILES string of the molecule is C=CC(=O)CC1CCC(C(=O)OC(CS(=O)(=O)[O-])(C(F)(F)F)C(F)(F)F)CC1. The van der Waals surface area contributed by atoms with Crippen molar-refractivity contribution in [2.75, 3.05) is 5.75 Å². The van der Waals surface area contributed by atoms with E-state index >= 15 is 0 Å². The van der Waals surface area contributed by atoms with Gasteiger partial charge in [0.25, 0.3) is 0 Å². The van der Waals surface area contributed by atoms with Crippen LogP contribution in [0, 0.1) is 11.8 Å². The molecule has 0 N–H and O–H groups in total. The van der Waals surface area contributed by atoms with Gasteiger partial charge in [-0.3, -0.25) is 9.59 Å². The fraction of sp³-hybridized carbons (Fsp3) is 0.733. The van der Waals surface area contributed by atoms with Crippen LogP contribution in [-0.2, 0) is 24.4 Å². The van der Waals surface area contributed by atoms with E-state index in [1.807, 2.05) is 0 Å². The van der Waals surface area contributed by atoms with Gasteiger partial charge in [-0.1, -0.05) is 6.58 Å². The molecule has 0 aromatic heterocycles. The summed E-state index contributed by atoms with van der Waals surface area (Å²) in [7, 11) is -6.06. The minimum atomic E-state index is -6.38. The van der Waals surface area contributed by atoms with E-state index in [0.29, 0.717) is 0 Å². The summed E-state index contributed by atoms with van der Waals surface area (Å²) in [6.45, 7) is 3.27. The topological polar surface area (TPSA) is 101 Å². The standard InChI is InChI=1S/C15H18F6O6S/c1-2-11(22)7-9-3-5-10(6-4-9)12(23)27-13(14(16,17)18,15(19,20)21)8-28(24,25)26/h2,9-10H,1,3-8H2,(H,24,25,26)/p-1. The lowest BCUT2D eigenvalue weighted by Gasteiger charge is -2.38. The van der Waals surface area contributed by atoms with Crippen LogP contribution in [-0.4, -0.2) is 48.4 Å². The summed E-state index contributed by atoms with van der Waals surface area (Å²) in [5.74, 6) is -6.77. The van der Waals surface area contributed by atoms with Crippen LogP contribution >= 0.6 is 0 Å². The lowest BCUT2D eigenvalue weighted by atomic mass is 9.80. The highest BCUT2D eigenvalue weighted by Crippen LogP contribution is 2.47. The maximum atomic E-state index is 13.1. The molecule has 0 aromatic carbocycles. The molecule has 1 aliphatic carbocycles. The summed E-state index contributed by atoms with van der Waals surface area (Å²) in [5, 5.41) is 0. The Labute approximate surface area is 156 Å². The molecule has 13 heteroatoms. The van der Waals surface area contributed by atoms with E-state index < -0.39 is 45.7 Å². The molecular weight excluding hydrogens is 422 g/mol. The van der Waals surface area contributed by atoms with Crippen molar-refractivity contribution in [1.29, 1.82) is 0 Å². The number of carbonyl (C=O) groups is 2. The molecule has 28 heavy (non-hydrogen) atoms. The molecule has 0 spiro atoms. The van der Waals surface area contributed by atoms with Gasteiger partial charge in [-0.2, -0.15) is 26.3 Å². The molecule has 0 amide bonds. The Balaban J connectivity index is 3.03. The summed E-state index contributed by atoms with van der Waals surface area (Å²) in [4.78, 5) is 23.3. The molecule has 0 aromatic rings. The molecule has 0 unspecified atom stereocenters. The molecule has 0 radical (unpaired) electrons. The lowest BCUT2D eigenvalue weighted by molar-refractivity contribution is -0.362. The quantitative estimate of drug-likeness (QED) is 0.262. The molecular formula is C15H17F6O6S-. The van der Waals surface area contributed by atoms with Gasteiger partial charge < -0.3 is 9.29 Å². The van der Waals surface area contributed by atoms with Gasteiger partial charge >= 0.3 is 23.9 Å². The average molecular weight is 439 g/mol. The van der Waals surface area contributed by atoms with E-state index in [9.17, 15) is 48.9 Å². The zero-order chi connectivity index (χ0) is 22.0. The minimum Gasteiger partial charge on any atom is -0.748 e. The average Bonchev–Trinajstić information content (AvgIpc) is 2.51. The molecule has 162 valence electrons. The van der Waals surface area contributed by atoms with Crippen molar-refractivity contribution >= 4 is 21.9 Å². The minimum absolute atomic E-state index is 0.0781. The van der Waals surface area contributed by atoms with E-state index in [0.717, 1.165) is 6.08 Å². The molecule has 1 saturated carbocycles. The van der Waals surface area contributed by atoms with Gasteiger partial charge in [0.05, 0.1) is 21.8 Å². The van der Waals surface area contributed by atoms with Gasteiger partial charge in [0.1, 0.15) is 0 Å². The van der Waals surface area contributed by atoms with E-state index in [1.165, 1.54) is 0 Å².